The molecule has 0 spiro atoms. The van der Waals surface area contributed by atoms with Crippen LogP contribution < -0.4 is 5.32 Å². The van der Waals surface area contributed by atoms with Gasteiger partial charge in [0.05, 0.1) is 0 Å². The van der Waals surface area contributed by atoms with E-state index in [-0.39, 0.29) is 17.9 Å². The molecule has 0 saturated carbocycles. The van der Waals surface area contributed by atoms with Gasteiger partial charge in [0, 0.05) is 47.9 Å². The van der Waals surface area contributed by atoms with Gasteiger partial charge in [0.2, 0.25) is 5.91 Å². The highest BCUT2D eigenvalue weighted by molar-refractivity contribution is 9.12. The summed E-state index contributed by atoms with van der Waals surface area (Å²) in [6.45, 7) is 2.82. The molecule has 1 fully saturated rings. The molecule has 0 aromatic heterocycles. The van der Waals surface area contributed by atoms with E-state index in [1.54, 1.807) is 4.90 Å². The first kappa shape index (κ1) is 12.1. The Morgan fingerprint density at radius 1 is 1.40 bits per heavy atom. The number of hydrogen-bond acceptors (Lipinski definition) is 2. The van der Waals surface area contributed by atoms with Gasteiger partial charge in [-0.15, -0.1) is 0 Å². The summed E-state index contributed by atoms with van der Waals surface area (Å²) in [5.74, 6) is 2.26. The number of likely N-dealkylation sites (tertiary alicyclic amines) is 1. The fourth-order valence-electron chi connectivity index (χ4n) is 1.63. The molecule has 0 radical (unpaired) electrons. The van der Waals surface area contributed by atoms with Crippen LogP contribution in [0.15, 0.2) is 0 Å². The fourth-order valence-corrected chi connectivity index (χ4v) is 1.80. The Morgan fingerprint density at radius 2 is 2.00 bits per heavy atom. The molecule has 0 atom stereocenters. The lowest BCUT2D eigenvalue weighted by Crippen LogP contribution is -2.45. The van der Waals surface area contributed by atoms with Crippen LogP contribution >= 0.6 is 15.9 Å². The maximum absolute atomic E-state index is 11.4. The largest absolute Gasteiger partial charge is 0.353 e. The number of carbonyl (C=O) groups is 2. The van der Waals surface area contributed by atoms with E-state index in [1.165, 1.54) is 6.92 Å². The standard InChI is InChI=1S/C10H13BrN2O2/c1-8(14)12-9-3-6-13(7-4-9)10(15)2-5-11/h9H,3-4,6-7H2,1H3,(H,12,14). The molecule has 1 heterocycles. The van der Waals surface area contributed by atoms with Gasteiger partial charge in [-0.1, -0.05) is 0 Å². The highest BCUT2D eigenvalue weighted by Gasteiger charge is 2.21. The van der Waals surface area contributed by atoms with Crippen molar-refractivity contribution in [1.82, 2.24) is 10.2 Å². The molecule has 0 bridgehead atoms. The van der Waals surface area contributed by atoms with Crippen LogP contribution in [-0.2, 0) is 9.59 Å². The van der Waals surface area contributed by atoms with Crippen LogP contribution in [0.5, 0.6) is 0 Å². The number of carbonyl (C=O) groups excluding carboxylic acids is 2. The summed E-state index contributed by atoms with van der Waals surface area (Å²) in [6.07, 6.45) is 1.60. The van der Waals surface area contributed by atoms with Crippen molar-refractivity contribution in [3.8, 4) is 10.8 Å². The van der Waals surface area contributed by atoms with Crippen molar-refractivity contribution in [3.05, 3.63) is 0 Å². The summed E-state index contributed by atoms with van der Waals surface area (Å²) >= 11 is 2.90. The Balaban J connectivity index is 2.37. The van der Waals surface area contributed by atoms with E-state index >= 15 is 0 Å². The van der Waals surface area contributed by atoms with Gasteiger partial charge in [0.25, 0.3) is 5.91 Å². The minimum Gasteiger partial charge on any atom is -0.353 e. The molecule has 0 aliphatic carbocycles. The monoisotopic (exact) mass is 272 g/mol. The lowest BCUT2D eigenvalue weighted by molar-refractivity contribution is -0.126. The van der Waals surface area contributed by atoms with Crippen molar-refractivity contribution in [2.75, 3.05) is 13.1 Å². The third-order valence-corrected chi connectivity index (χ3v) is 2.54. The molecule has 1 rings (SSSR count). The van der Waals surface area contributed by atoms with E-state index in [4.69, 9.17) is 0 Å². The second-order valence-corrected chi connectivity index (χ2v) is 3.88. The highest BCUT2D eigenvalue weighted by atomic mass is 79.9. The number of amides is 2. The summed E-state index contributed by atoms with van der Waals surface area (Å²) < 4.78 is 0. The van der Waals surface area contributed by atoms with Gasteiger partial charge in [-0.05, 0) is 17.7 Å². The first-order valence-corrected chi connectivity index (χ1v) is 5.60. The van der Waals surface area contributed by atoms with Crippen molar-refractivity contribution in [2.45, 2.75) is 25.8 Å². The molecule has 82 valence electrons. The Hall–Kier alpha value is -1.02. The van der Waals surface area contributed by atoms with Crippen LogP contribution in [-0.4, -0.2) is 35.8 Å². The number of rotatable bonds is 1. The Kier molecular flexibility index (Phi) is 4.63. The molecule has 1 aliphatic rings. The van der Waals surface area contributed by atoms with E-state index in [1.807, 2.05) is 0 Å². The topological polar surface area (TPSA) is 49.4 Å². The predicted molar refractivity (Wildman–Crippen MR) is 60.1 cm³/mol. The molecule has 15 heavy (non-hydrogen) atoms. The Bertz CT molecular complexity index is 311. The van der Waals surface area contributed by atoms with Crippen molar-refractivity contribution in [2.24, 2.45) is 0 Å². The molecule has 0 aromatic rings. The van der Waals surface area contributed by atoms with Crippen molar-refractivity contribution < 1.29 is 9.59 Å². The summed E-state index contributed by atoms with van der Waals surface area (Å²) in [4.78, 5) is 26.3. The Labute approximate surface area is 97.5 Å². The van der Waals surface area contributed by atoms with Crippen LogP contribution in [0, 0.1) is 10.8 Å². The zero-order chi connectivity index (χ0) is 11.3. The van der Waals surface area contributed by atoms with Crippen molar-refractivity contribution in [3.63, 3.8) is 0 Å². The first-order valence-electron chi connectivity index (χ1n) is 4.81. The molecule has 0 unspecified atom stereocenters. The summed E-state index contributed by atoms with van der Waals surface area (Å²) in [7, 11) is 0. The maximum Gasteiger partial charge on any atom is 0.299 e. The highest BCUT2D eigenvalue weighted by Crippen LogP contribution is 2.10. The lowest BCUT2D eigenvalue weighted by atomic mass is 10.1. The van der Waals surface area contributed by atoms with Crippen molar-refractivity contribution in [1.29, 1.82) is 0 Å². The molecule has 1 N–H and O–H groups in total. The number of nitrogens with zero attached hydrogens (tertiary/aromatic N) is 1. The molecule has 1 aliphatic heterocycles. The SMILES string of the molecule is CC(=O)NC1CCN(C(=O)C#CBr)CC1. The normalized spacial score (nSPS) is 16.5. The zero-order valence-electron chi connectivity index (χ0n) is 8.55. The van der Waals surface area contributed by atoms with Gasteiger partial charge in [0.1, 0.15) is 0 Å². The molecule has 0 aromatic carbocycles. The van der Waals surface area contributed by atoms with Crippen LogP contribution in [0.3, 0.4) is 0 Å². The molecular formula is C10H13BrN2O2. The van der Waals surface area contributed by atoms with Crippen molar-refractivity contribution >= 4 is 27.7 Å². The first-order chi connectivity index (χ1) is 7.13. The third kappa shape index (κ3) is 3.92. The smallest absolute Gasteiger partial charge is 0.299 e. The predicted octanol–water partition coefficient (Wildman–Crippen LogP) is 0.469. The number of piperidine rings is 1. The van der Waals surface area contributed by atoms with E-state index in [0.29, 0.717) is 13.1 Å². The average molecular weight is 273 g/mol. The lowest BCUT2D eigenvalue weighted by Gasteiger charge is -2.30. The molecule has 1 saturated heterocycles. The van der Waals surface area contributed by atoms with Gasteiger partial charge < -0.3 is 10.2 Å². The minimum absolute atomic E-state index is 0.0139. The number of nitrogens with one attached hydrogen (secondary N) is 1. The van der Waals surface area contributed by atoms with E-state index in [2.05, 4.69) is 32.0 Å². The van der Waals surface area contributed by atoms with E-state index in [9.17, 15) is 9.59 Å². The van der Waals surface area contributed by atoms with Gasteiger partial charge in [-0.25, -0.2) is 0 Å². The van der Waals surface area contributed by atoms with Crippen LogP contribution in [0.4, 0.5) is 0 Å². The van der Waals surface area contributed by atoms with Gasteiger partial charge in [-0.3, -0.25) is 9.59 Å². The van der Waals surface area contributed by atoms with Gasteiger partial charge >= 0.3 is 0 Å². The number of halogens is 1. The molecular weight excluding hydrogens is 260 g/mol. The van der Waals surface area contributed by atoms with E-state index in [0.717, 1.165) is 12.8 Å². The summed E-state index contributed by atoms with van der Waals surface area (Å²) in [5, 5.41) is 2.85. The summed E-state index contributed by atoms with van der Waals surface area (Å²) in [6, 6.07) is 0.198. The molecule has 4 nitrogen and oxygen atoms in total. The maximum atomic E-state index is 11.4. The minimum atomic E-state index is -0.159. The quantitative estimate of drug-likeness (QED) is 0.706. The van der Waals surface area contributed by atoms with Gasteiger partial charge in [0.15, 0.2) is 0 Å². The second-order valence-electron chi connectivity index (χ2n) is 3.49. The fraction of sp³-hybridized carbons (Fsp3) is 0.600. The molecule has 2 amide bonds. The van der Waals surface area contributed by atoms with E-state index < -0.39 is 0 Å². The molecule has 5 heteroatoms. The summed E-state index contributed by atoms with van der Waals surface area (Å²) in [5.41, 5.74) is 0. The number of hydrogen-bond donors (Lipinski definition) is 1. The van der Waals surface area contributed by atoms with Gasteiger partial charge in [-0.2, -0.15) is 0 Å². The second kappa shape index (κ2) is 5.76. The Morgan fingerprint density at radius 3 is 2.47 bits per heavy atom. The average Bonchev–Trinajstić information content (AvgIpc) is 2.18. The van der Waals surface area contributed by atoms with Crippen LogP contribution in [0.25, 0.3) is 0 Å². The zero-order valence-corrected chi connectivity index (χ0v) is 10.1. The van der Waals surface area contributed by atoms with Crippen LogP contribution in [0.1, 0.15) is 19.8 Å². The van der Waals surface area contributed by atoms with Crippen LogP contribution in [0.2, 0.25) is 0 Å². The third-order valence-electron chi connectivity index (χ3n) is 2.34.